The molecule has 0 aromatic carbocycles. The summed E-state index contributed by atoms with van der Waals surface area (Å²) in [4.78, 5) is 4.54. The molecule has 0 spiro atoms. The zero-order valence-corrected chi connectivity index (χ0v) is 13.0. The van der Waals surface area contributed by atoms with E-state index in [2.05, 4.69) is 15.6 Å². The molecule has 0 saturated carbocycles. The van der Waals surface area contributed by atoms with E-state index in [4.69, 9.17) is 0 Å². The average molecular weight is 290 g/mol. The van der Waals surface area contributed by atoms with Gasteiger partial charge in [-0.3, -0.25) is 4.99 Å². The number of sulfonamides is 1. The monoisotopic (exact) mass is 290 g/mol. The van der Waals surface area contributed by atoms with Crippen molar-refractivity contribution in [3.8, 4) is 0 Å². The van der Waals surface area contributed by atoms with Crippen molar-refractivity contribution >= 4 is 16.0 Å². The van der Waals surface area contributed by atoms with Gasteiger partial charge in [-0.15, -0.1) is 0 Å². The number of guanidine groups is 1. The van der Waals surface area contributed by atoms with Gasteiger partial charge in [-0.25, -0.2) is 12.7 Å². The average Bonchev–Trinajstić information content (AvgIpc) is 2.36. The molecule has 1 aliphatic rings. The Morgan fingerprint density at radius 3 is 2.16 bits per heavy atom. The van der Waals surface area contributed by atoms with Crippen molar-refractivity contribution in [3.05, 3.63) is 0 Å². The molecule has 0 aromatic heterocycles. The summed E-state index contributed by atoms with van der Waals surface area (Å²) >= 11 is 0. The van der Waals surface area contributed by atoms with Crippen molar-refractivity contribution in [1.29, 1.82) is 0 Å². The van der Waals surface area contributed by atoms with Crippen LogP contribution >= 0.6 is 0 Å². The van der Waals surface area contributed by atoms with Crippen LogP contribution in [0, 0.1) is 5.92 Å². The minimum Gasteiger partial charge on any atom is -0.357 e. The number of nitrogens with one attached hydrogen (secondary N) is 2. The molecule has 0 radical (unpaired) electrons. The van der Waals surface area contributed by atoms with Crippen LogP contribution in [0.3, 0.4) is 0 Å². The van der Waals surface area contributed by atoms with Crippen molar-refractivity contribution in [2.24, 2.45) is 10.9 Å². The fourth-order valence-electron chi connectivity index (χ4n) is 2.15. The van der Waals surface area contributed by atoms with E-state index in [0.29, 0.717) is 19.0 Å². The molecule has 2 N–H and O–H groups in total. The first-order valence-electron chi connectivity index (χ1n) is 6.94. The summed E-state index contributed by atoms with van der Waals surface area (Å²) in [5.74, 6) is 1.32. The van der Waals surface area contributed by atoms with Crippen LogP contribution in [0.2, 0.25) is 0 Å². The van der Waals surface area contributed by atoms with E-state index < -0.39 is 10.0 Å². The summed E-state index contributed by atoms with van der Waals surface area (Å²) < 4.78 is 24.4. The Balaban J connectivity index is 2.41. The molecule has 1 fully saturated rings. The molecule has 6 nitrogen and oxygen atoms in total. The number of aliphatic imine (C=N–C) groups is 1. The predicted molar refractivity (Wildman–Crippen MR) is 78.8 cm³/mol. The van der Waals surface area contributed by atoms with Gasteiger partial charge in [0.05, 0.1) is 6.26 Å². The van der Waals surface area contributed by atoms with Gasteiger partial charge < -0.3 is 10.6 Å². The smallest absolute Gasteiger partial charge is 0.211 e. The lowest BCUT2D eigenvalue weighted by Crippen LogP contribution is -2.40. The number of nitrogens with zero attached hydrogens (tertiary/aromatic N) is 2. The molecule has 0 aromatic rings. The molecule has 0 atom stereocenters. The predicted octanol–water partition coefficient (Wildman–Crippen LogP) is 0.233. The Hall–Kier alpha value is -0.820. The minimum atomic E-state index is -3.02. The number of rotatable bonds is 5. The maximum Gasteiger partial charge on any atom is 0.211 e. The Bertz CT molecular complexity index is 379. The molecule has 0 aliphatic carbocycles. The third-order valence-electron chi connectivity index (χ3n) is 3.24. The first kappa shape index (κ1) is 16.2. The minimum absolute atomic E-state index is 0.477. The van der Waals surface area contributed by atoms with Crippen LogP contribution in [-0.4, -0.2) is 57.7 Å². The first-order chi connectivity index (χ1) is 8.97. The lowest BCUT2D eigenvalue weighted by molar-refractivity contribution is 0.280. The normalized spacial score (nSPS) is 18.1. The zero-order chi connectivity index (χ0) is 14.3. The van der Waals surface area contributed by atoms with E-state index in [9.17, 15) is 8.42 Å². The van der Waals surface area contributed by atoms with Gasteiger partial charge in [-0.1, -0.05) is 0 Å². The molecule has 0 bridgehead atoms. The van der Waals surface area contributed by atoms with E-state index in [-0.39, 0.29) is 0 Å². The SMILES string of the molecule is CCNC(=NCC1CCN(S(C)(=O)=O)CC1)NCC. The van der Waals surface area contributed by atoms with Gasteiger partial charge in [-0.2, -0.15) is 0 Å². The Morgan fingerprint density at radius 1 is 1.21 bits per heavy atom. The molecule has 112 valence electrons. The molecule has 1 heterocycles. The molecular weight excluding hydrogens is 264 g/mol. The second-order valence-corrected chi connectivity index (χ2v) is 6.84. The Kier molecular flexibility index (Phi) is 6.57. The van der Waals surface area contributed by atoms with Crippen LogP contribution < -0.4 is 10.6 Å². The molecular formula is C12H26N4O2S. The van der Waals surface area contributed by atoms with E-state index in [1.807, 2.05) is 13.8 Å². The largest absolute Gasteiger partial charge is 0.357 e. The summed E-state index contributed by atoms with van der Waals surface area (Å²) in [5.41, 5.74) is 0. The van der Waals surface area contributed by atoms with Crippen LogP contribution in [0.4, 0.5) is 0 Å². The Labute approximate surface area is 116 Å². The summed E-state index contributed by atoms with van der Waals surface area (Å²) in [6.07, 6.45) is 3.06. The highest BCUT2D eigenvalue weighted by atomic mass is 32.2. The van der Waals surface area contributed by atoms with Crippen LogP contribution in [0.1, 0.15) is 26.7 Å². The first-order valence-corrected chi connectivity index (χ1v) is 8.79. The highest BCUT2D eigenvalue weighted by molar-refractivity contribution is 7.88. The zero-order valence-electron chi connectivity index (χ0n) is 12.1. The van der Waals surface area contributed by atoms with E-state index in [0.717, 1.165) is 38.4 Å². The van der Waals surface area contributed by atoms with Gasteiger partial charge in [0.2, 0.25) is 10.0 Å². The van der Waals surface area contributed by atoms with Gasteiger partial charge in [0, 0.05) is 32.7 Å². The van der Waals surface area contributed by atoms with Crippen molar-refractivity contribution in [2.45, 2.75) is 26.7 Å². The van der Waals surface area contributed by atoms with Crippen molar-refractivity contribution in [2.75, 3.05) is 39.0 Å². The second-order valence-electron chi connectivity index (χ2n) is 4.86. The number of hydrogen-bond donors (Lipinski definition) is 2. The molecule has 1 saturated heterocycles. The lowest BCUT2D eigenvalue weighted by Gasteiger charge is -2.29. The van der Waals surface area contributed by atoms with Gasteiger partial charge >= 0.3 is 0 Å². The summed E-state index contributed by atoms with van der Waals surface area (Å²) in [7, 11) is -3.02. The van der Waals surface area contributed by atoms with Crippen molar-refractivity contribution in [1.82, 2.24) is 14.9 Å². The van der Waals surface area contributed by atoms with Gasteiger partial charge in [0.1, 0.15) is 0 Å². The molecule has 0 amide bonds. The topological polar surface area (TPSA) is 73.8 Å². The van der Waals surface area contributed by atoms with Crippen LogP contribution in [0.5, 0.6) is 0 Å². The quantitative estimate of drug-likeness (QED) is 0.562. The fourth-order valence-corrected chi connectivity index (χ4v) is 3.03. The summed E-state index contributed by atoms with van der Waals surface area (Å²) in [6.45, 7) is 7.77. The highest BCUT2D eigenvalue weighted by Crippen LogP contribution is 2.19. The number of piperidine rings is 1. The maximum atomic E-state index is 11.4. The second kappa shape index (κ2) is 7.69. The molecule has 7 heteroatoms. The van der Waals surface area contributed by atoms with Crippen LogP contribution in [0.25, 0.3) is 0 Å². The van der Waals surface area contributed by atoms with E-state index in [1.54, 1.807) is 4.31 Å². The van der Waals surface area contributed by atoms with Crippen LogP contribution in [-0.2, 0) is 10.0 Å². The van der Waals surface area contributed by atoms with E-state index in [1.165, 1.54) is 6.26 Å². The van der Waals surface area contributed by atoms with E-state index >= 15 is 0 Å². The van der Waals surface area contributed by atoms with Crippen LogP contribution in [0.15, 0.2) is 4.99 Å². The summed E-state index contributed by atoms with van der Waals surface area (Å²) in [6, 6.07) is 0. The third-order valence-corrected chi connectivity index (χ3v) is 4.54. The third kappa shape index (κ3) is 5.78. The molecule has 1 rings (SSSR count). The molecule has 1 aliphatic heterocycles. The van der Waals surface area contributed by atoms with Crippen molar-refractivity contribution < 1.29 is 8.42 Å². The van der Waals surface area contributed by atoms with Crippen molar-refractivity contribution in [3.63, 3.8) is 0 Å². The Morgan fingerprint density at radius 2 is 1.74 bits per heavy atom. The van der Waals surface area contributed by atoms with Gasteiger partial charge in [0.25, 0.3) is 0 Å². The number of hydrogen-bond acceptors (Lipinski definition) is 3. The maximum absolute atomic E-state index is 11.4. The molecule has 0 unspecified atom stereocenters. The highest BCUT2D eigenvalue weighted by Gasteiger charge is 2.24. The lowest BCUT2D eigenvalue weighted by atomic mass is 9.98. The van der Waals surface area contributed by atoms with Gasteiger partial charge in [0.15, 0.2) is 5.96 Å². The van der Waals surface area contributed by atoms with Gasteiger partial charge in [-0.05, 0) is 32.6 Å². The molecule has 19 heavy (non-hydrogen) atoms. The fraction of sp³-hybridized carbons (Fsp3) is 0.917. The summed E-state index contributed by atoms with van der Waals surface area (Å²) in [5, 5.41) is 6.38. The standard InChI is InChI=1S/C12H26N4O2S/c1-4-13-12(14-5-2)15-10-11-6-8-16(9-7-11)19(3,17)18/h11H,4-10H2,1-3H3,(H2,13,14,15).